The molecule has 2 amide bonds. The number of carboxylic acid groups (broad SMARTS) is 1. The number of anilines is 1. The highest BCUT2D eigenvalue weighted by Gasteiger charge is 2.54. The molecule has 3 aromatic rings. The Morgan fingerprint density at radius 3 is 2.86 bits per heavy atom. The van der Waals surface area contributed by atoms with Gasteiger partial charge in [-0.3, -0.25) is 14.5 Å². The molecule has 1 fully saturated rings. The molecule has 11 nitrogen and oxygen atoms in total. The van der Waals surface area contributed by atoms with Crippen molar-refractivity contribution in [2.75, 3.05) is 24.3 Å². The average molecular weight is 563 g/mol. The van der Waals surface area contributed by atoms with Crippen molar-refractivity contribution in [3.63, 3.8) is 0 Å². The maximum atomic E-state index is 13.0. The molecule has 0 saturated carbocycles. The van der Waals surface area contributed by atoms with Crippen molar-refractivity contribution in [1.82, 2.24) is 20.2 Å². The first-order chi connectivity index (χ1) is 17.4. The standard InChI is InChI=1S/C21H18N6O5S4/c1-32-26-13(11-8-34-20(22)23-11)16(28)25-14-17(29)27-15(19(30)31)9(6-33-18(14)27)7-35-21-24-10-4-2-3-5-12(10)36-21/h2-5,8,14,18H,6-7H2,1H3,(H2,22,23)(H,25,28)(H,30,31)/b26-13-. The Bertz CT molecular complexity index is 1400. The smallest absolute Gasteiger partial charge is 0.352 e. The van der Waals surface area contributed by atoms with Gasteiger partial charge in [-0.05, 0) is 17.7 Å². The van der Waals surface area contributed by atoms with Crippen LogP contribution in [-0.2, 0) is 19.2 Å². The molecule has 0 spiro atoms. The summed E-state index contributed by atoms with van der Waals surface area (Å²) in [7, 11) is 1.29. The summed E-state index contributed by atoms with van der Waals surface area (Å²) in [6, 6.07) is 6.87. The number of aliphatic carboxylic acids is 1. The zero-order valence-corrected chi connectivity index (χ0v) is 21.8. The van der Waals surface area contributed by atoms with E-state index in [1.165, 1.54) is 46.9 Å². The Morgan fingerprint density at radius 1 is 1.36 bits per heavy atom. The molecule has 0 radical (unpaired) electrons. The summed E-state index contributed by atoms with van der Waals surface area (Å²) in [5.74, 6) is -1.56. The third kappa shape index (κ3) is 4.54. The van der Waals surface area contributed by atoms with Crippen molar-refractivity contribution >= 4 is 85.0 Å². The predicted octanol–water partition coefficient (Wildman–Crippen LogP) is 2.22. The van der Waals surface area contributed by atoms with E-state index in [-0.39, 0.29) is 22.2 Å². The van der Waals surface area contributed by atoms with Crippen LogP contribution in [0.1, 0.15) is 5.69 Å². The fraction of sp³-hybridized carbons (Fsp3) is 0.238. The number of nitrogens with zero attached hydrogens (tertiary/aromatic N) is 4. The lowest BCUT2D eigenvalue weighted by molar-refractivity contribution is -0.150. The number of thioether (sulfide) groups is 2. The summed E-state index contributed by atoms with van der Waals surface area (Å²) in [5, 5.41) is 17.5. The second-order valence-corrected chi connectivity index (χ2v) is 11.8. The molecule has 2 aliphatic rings. The monoisotopic (exact) mass is 562 g/mol. The van der Waals surface area contributed by atoms with Crippen molar-refractivity contribution < 1.29 is 24.3 Å². The minimum absolute atomic E-state index is 0.0408. The number of hydrogen-bond donors (Lipinski definition) is 3. The van der Waals surface area contributed by atoms with Crippen LogP contribution < -0.4 is 11.1 Å². The molecule has 5 rings (SSSR count). The highest BCUT2D eigenvalue weighted by molar-refractivity contribution is 8.02. The zero-order chi connectivity index (χ0) is 25.4. The van der Waals surface area contributed by atoms with Crippen LogP contribution in [-0.4, -0.2) is 73.5 Å². The number of amides is 2. The molecule has 1 saturated heterocycles. The number of fused-ring (bicyclic) bond motifs is 2. The Labute approximate surface area is 220 Å². The second-order valence-electron chi connectivity index (χ2n) is 7.55. The van der Waals surface area contributed by atoms with Gasteiger partial charge in [0.2, 0.25) is 0 Å². The van der Waals surface area contributed by atoms with E-state index in [0.29, 0.717) is 17.1 Å². The number of nitrogen functional groups attached to an aromatic ring is 1. The van der Waals surface area contributed by atoms with E-state index in [9.17, 15) is 19.5 Å². The molecule has 15 heteroatoms. The van der Waals surface area contributed by atoms with Gasteiger partial charge in [0.05, 0.1) is 10.2 Å². The van der Waals surface area contributed by atoms with Crippen molar-refractivity contribution in [3.8, 4) is 0 Å². The topological polar surface area (TPSA) is 160 Å². The minimum atomic E-state index is -1.18. The summed E-state index contributed by atoms with van der Waals surface area (Å²) >= 11 is 5.51. The second kappa shape index (κ2) is 10.1. The van der Waals surface area contributed by atoms with Gasteiger partial charge in [-0.1, -0.05) is 29.1 Å². The predicted molar refractivity (Wildman–Crippen MR) is 140 cm³/mol. The van der Waals surface area contributed by atoms with Gasteiger partial charge in [0.1, 0.15) is 29.9 Å². The quantitative estimate of drug-likeness (QED) is 0.161. The van der Waals surface area contributed by atoms with Crippen LogP contribution in [0.15, 0.2) is 50.4 Å². The number of aromatic nitrogens is 2. The number of carbonyl (C=O) groups is 3. The van der Waals surface area contributed by atoms with Gasteiger partial charge in [0.15, 0.2) is 15.2 Å². The SMILES string of the molecule is CO/N=C(\C(=O)NC1C(=O)N2C(C(=O)O)=C(CSc3nc4ccccc4s3)CSC12)c1csc(N)n1. The molecule has 2 unspecified atom stereocenters. The summed E-state index contributed by atoms with van der Waals surface area (Å²) in [4.78, 5) is 52.6. The minimum Gasteiger partial charge on any atom is -0.477 e. The average Bonchev–Trinajstić information content (AvgIpc) is 3.49. The highest BCUT2D eigenvalue weighted by atomic mass is 32.2. The molecule has 4 heterocycles. The first kappa shape index (κ1) is 24.5. The number of carboxylic acids is 1. The van der Waals surface area contributed by atoms with Crippen LogP contribution in [0.5, 0.6) is 0 Å². The van der Waals surface area contributed by atoms with E-state index in [1.54, 1.807) is 5.38 Å². The van der Waals surface area contributed by atoms with Crippen molar-refractivity contribution in [1.29, 1.82) is 0 Å². The Hall–Kier alpha value is -3.14. The van der Waals surface area contributed by atoms with E-state index >= 15 is 0 Å². The lowest BCUT2D eigenvalue weighted by Gasteiger charge is -2.49. The van der Waals surface area contributed by atoms with Crippen LogP contribution in [0.2, 0.25) is 0 Å². The zero-order valence-electron chi connectivity index (χ0n) is 18.5. The van der Waals surface area contributed by atoms with Crippen LogP contribution in [0.4, 0.5) is 5.13 Å². The van der Waals surface area contributed by atoms with Crippen molar-refractivity contribution in [3.05, 3.63) is 46.6 Å². The molecule has 36 heavy (non-hydrogen) atoms. The summed E-state index contributed by atoms with van der Waals surface area (Å²) in [5.41, 5.74) is 7.22. The summed E-state index contributed by atoms with van der Waals surface area (Å²) in [6.07, 6.45) is 0. The molecule has 1 aromatic carbocycles. The lowest BCUT2D eigenvalue weighted by atomic mass is 10.0. The maximum absolute atomic E-state index is 13.0. The Balaban J connectivity index is 1.31. The number of benzene rings is 1. The molecular formula is C21H18N6O5S4. The normalized spacial score (nSPS) is 19.8. The largest absolute Gasteiger partial charge is 0.477 e. The van der Waals surface area contributed by atoms with E-state index in [4.69, 9.17) is 10.6 Å². The third-order valence-electron chi connectivity index (χ3n) is 5.34. The number of nitrogens with one attached hydrogen (secondary N) is 1. The molecule has 2 aromatic heterocycles. The number of carbonyl (C=O) groups excluding carboxylic acids is 2. The maximum Gasteiger partial charge on any atom is 0.352 e. The fourth-order valence-electron chi connectivity index (χ4n) is 3.76. The van der Waals surface area contributed by atoms with Gasteiger partial charge in [-0.15, -0.1) is 34.4 Å². The first-order valence-electron chi connectivity index (χ1n) is 10.4. The molecule has 4 N–H and O–H groups in total. The number of hydrogen-bond acceptors (Lipinski definition) is 12. The molecule has 2 aliphatic heterocycles. The molecule has 2 atom stereocenters. The van der Waals surface area contributed by atoms with Crippen LogP contribution >= 0.6 is 46.2 Å². The third-order valence-corrected chi connectivity index (χ3v) is 9.62. The van der Waals surface area contributed by atoms with E-state index in [0.717, 1.165) is 25.9 Å². The lowest BCUT2D eigenvalue weighted by Crippen LogP contribution is -2.71. The van der Waals surface area contributed by atoms with Crippen LogP contribution in [0, 0.1) is 0 Å². The van der Waals surface area contributed by atoms with E-state index in [1.807, 2.05) is 24.3 Å². The molecule has 0 bridgehead atoms. The van der Waals surface area contributed by atoms with Gasteiger partial charge in [0.25, 0.3) is 11.8 Å². The summed E-state index contributed by atoms with van der Waals surface area (Å²) in [6.45, 7) is 0. The number of para-hydroxylation sites is 1. The van der Waals surface area contributed by atoms with Crippen molar-refractivity contribution in [2.45, 2.75) is 15.8 Å². The summed E-state index contributed by atoms with van der Waals surface area (Å²) < 4.78 is 1.88. The Kier molecular flexibility index (Phi) is 6.87. The first-order valence-corrected chi connectivity index (χ1v) is 14.1. The number of rotatable bonds is 8. The fourth-order valence-corrected chi connectivity index (χ4v) is 7.86. The van der Waals surface area contributed by atoms with Crippen molar-refractivity contribution in [2.24, 2.45) is 5.16 Å². The number of thiazole rings is 2. The highest BCUT2D eigenvalue weighted by Crippen LogP contribution is 2.42. The van der Waals surface area contributed by atoms with Crippen LogP contribution in [0.25, 0.3) is 10.2 Å². The van der Waals surface area contributed by atoms with E-state index < -0.39 is 29.2 Å². The van der Waals surface area contributed by atoms with Gasteiger partial charge in [-0.2, -0.15) is 0 Å². The molecular weight excluding hydrogens is 545 g/mol. The number of oxime groups is 1. The Morgan fingerprint density at radius 2 is 2.17 bits per heavy atom. The van der Waals surface area contributed by atoms with Gasteiger partial charge < -0.3 is 21.0 Å². The van der Waals surface area contributed by atoms with Gasteiger partial charge in [-0.25, -0.2) is 14.8 Å². The number of nitrogens with two attached hydrogens (primary N) is 1. The van der Waals surface area contributed by atoms with Gasteiger partial charge in [0, 0.05) is 16.9 Å². The van der Waals surface area contributed by atoms with E-state index in [2.05, 4.69) is 20.4 Å². The molecule has 186 valence electrons. The number of β-lactam (4-membered cyclic amide) rings is 1. The van der Waals surface area contributed by atoms with Crippen LogP contribution in [0.3, 0.4) is 0 Å². The molecule has 0 aliphatic carbocycles. The van der Waals surface area contributed by atoms with Gasteiger partial charge >= 0.3 is 5.97 Å².